The number of aryl methyl sites for hydroxylation is 3. The Labute approximate surface area is 167 Å². The molecule has 7 nitrogen and oxygen atoms in total. The molecule has 0 fully saturated rings. The number of nitrogens with zero attached hydrogens (tertiary/aromatic N) is 2. The van der Waals surface area contributed by atoms with Gasteiger partial charge in [0.25, 0.3) is 0 Å². The molecule has 0 aliphatic heterocycles. The summed E-state index contributed by atoms with van der Waals surface area (Å²) in [7, 11) is 0. The average Bonchev–Trinajstić information content (AvgIpc) is 3.17. The van der Waals surface area contributed by atoms with Gasteiger partial charge in [-0.1, -0.05) is 23.4 Å². The second kappa shape index (κ2) is 9.09. The maximum atomic E-state index is 13.0. The van der Waals surface area contributed by atoms with Gasteiger partial charge < -0.3 is 15.2 Å². The van der Waals surface area contributed by atoms with Crippen LogP contribution in [0.3, 0.4) is 0 Å². The zero-order valence-corrected chi connectivity index (χ0v) is 16.2. The molecule has 0 aliphatic carbocycles. The zero-order valence-electron chi connectivity index (χ0n) is 16.2. The highest BCUT2D eigenvalue weighted by molar-refractivity contribution is 5.95. The highest BCUT2D eigenvalue weighted by Gasteiger charge is 2.12. The van der Waals surface area contributed by atoms with Crippen LogP contribution in [0.4, 0.5) is 10.1 Å². The van der Waals surface area contributed by atoms with E-state index in [-0.39, 0.29) is 37.0 Å². The summed E-state index contributed by atoms with van der Waals surface area (Å²) in [5.74, 6) is -0.334. The van der Waals surface area contributed by atoms with Crippen LogP contribution >= 0.6 is 0 Å². The normalized spacial score (nSPS) is 10.6. The monoisotopic (exact) mass is 396 g/mol. The minimum Gasteiger partial charge on any atom is -0.347 e. The second-order valence-corrected chi connectivity index (χ2v) is 6.61. The Kier molecular flexibility index (Phi) is 6.33. The largest absolute Gasteiger partial charge is 0.347 e. The molecule has 3 aromatic rings. The van der Waals surface area contributed by atoms with E-state index in [0.29, 0.717) is 17.3 Å². The first-order valence-electron chi connectivity index (χ1n) is 9.13. The Morgan fingerprint density at radius 1 is 1.03 bits per heavy atom. The van der Waals surface area contributed by atoms with Crippen molar-refractivity contribution in [2.75, 3.05) is 11.9 Å². The highest BCUT2D eigenvalue weighted by Crippen LogP contribution is 2.19. The van der Waals surface area contributed by atoms with Crippen molar-refractivity contribution in [3.63, 3.8) is 0 Å². The topological polar surface area (TPSA) is 97.1 Å². The van der Waals surface area contributed by atoms with Gasteiger partial charge in [0.15, 0.2) is 0 Å². The van der Waals surface area contributed by atoms with Gasteiger partial charge in [-0.15, -0.1) is 0 Å². The third kappa shape index (κ3) is 5.47. The van der Waals surface area contributed by atoms with E-state index in [2.05, 4.69) is 20.8 Å². The first-order valence-corrected chi connectivity index (χ1v) is 9.13. The van der Waals surface area contributed by atoms with Gasteiger partial charge in [0.05, 0.1) is 6.54 Å². The quantitative estimate of drug-likeness (QED) is 0.639. The van der Waals surface area contributed by atoms with Crippen LogP contribution in [0, 0.1) is 19.7 Å². The number of anilines is 1. The van der Waals surface area contributed by atoms with Gasteiger partial charge in [0.2, 0.25) is 23.5 Å². The summed E-state index contributed by atoms with van der Waals surface area (Å²) in [5.41, 5.74) is 3.29. The van der Waals surface area contributed by atoms with Crippen LogP contribution in [0.1, 0.15) is 23.4 Å². The lowest BCUT2D eigenvalue weighted by molar-refractivity contribution is -0.124. The smallest absolute Gasteiger partial charge is 0.243 e. The minimum absolute atomic E-state index is 0.0989. The Bertz CT molecular complexity index is 995. The Hall–Kier alpha value is -3.55. The van der Waals surface area contributed by atoms with Gasteiger partial charge in [0.1, 0.15) is 5.82 Å². The molecule has 0 radical (unpaired) electrons. The van der Waals surface area contributed by atoms with Gasteiger partial charge in [-0.2, -0.15) is 4.98 Å². The lowest BCUT2D eigenvalue weighted by Gasteiger charge is -2.11. The van der Waals surface area contributed by atoms with Crippen molar-refractivity contribution in [3.05, 3.63) is 65.3 Å². The molecule has 150 valence electrons. The van der Waals surface area contributed by atoms with Gasteiger partial charge in [-0.3, -0.25) is 9.59 Å². The number of halogens is 1. The van der Waals surface area contributed by atoms with Crippen LogP contribution in [-0.2, 0) is 16.0 Å². The molecule has 0 atom stereocenters. The number of hydrogen-bond donors (Lipinski definition) is 2. The average molecular weight is 396 g/mol. The van der Waals surface area contributed by atoms with Crippen LogP contribution in [0.2, 0.25) is 0 Å². The van der Waals surface area contributed by atoms with E-state index in [1.807, 2.05) is 32.0 Å². The van der Waals surface area contributed by atoms with E-state index in [1.54, 1.807) is 12.1 Å². The summed E-state index contributed by atoms with van der Waals surface area (Å²) in [6.45, 7) is 3.69. The molecule has 0 saturated carbocycles. The number of aromatic nitrogens is 2. The van der Waals surface area contributed by atoms with Crippen LogP contribution < -0.4 is 10.6 Å². The molecule has 1 aromatic heterocycles. The van der Waals surface area contributed by atoms with E-state index >= 15 is 0 Å². The van der Waals surface area contributed by atoms with Crippen molar-refractivity contribution in [2.24, 2.45) is 0 Å². The standard InChI is InChI=1S/C21H21FN4O3/c1-13-4-3-5-14(2)20(13)24-18(28)12-23-17(27)10-11-19-25-21(26-29-19)15-6-8-16(22)9-7-15/h3-9H,10-12H2,1-2H3,(H,23,27)(H,24,28). The van der Waals surface area contributed by atoms with E-state index in [0.717, 1.165) is 16.8 Å². The number of carbonyl (C=O) groups is 2. The molecule has 1 heterocycles. The number of nitrogens with one attached hydrogen (secondary N) is 2. The summed E-state index contributed by atoms with van der Waals surface area (Å²) < 4.78 is 18.1. The van der Waals surface area contributed by atoms with Crippen LogP contribution in [0.15, 0.2) is 47.0 Å². The molecule has 29 heavy (non-hydrogen) atoms. The predicted molar refractivity (Wildman–Crippen MR) is 106 cm³/mol. The molecular weight excluding hydrogens is 375 g/mol. The van der Waals surface area contributed by atoms with Crippen molar-refractivity contribution >= 4 is 17.5 Å². The number of para-hydroxylation sites is 1. The fourth-order valence-corrected chi connectivity index (χ4v) is 2.76. The van der Waals surface area contributed by atoms with Crippen molar-refractivity contribution in [2.45, 2.75) is 26.7 Å². The number of hydrogen-bond acceptors (Lipinski definition) is 5. The molecule has 8 heteroatoms. The SMILES string of the molecule is Cc1cccc(C)c1NC(=O)CNC(=O)CCc1nc(-c2ccc(F)cc2)no1. The molecule has 0 unspecified atom stereocenters. The molecule has 0 saturated heterocycles. The lowest BCUT2D eigenvalue weighted by Crippen LogP contribution is -2.33. The van der Waals surface area contributed by atoms with Gasteiger partial charge >= 0.3 is 0 Å². The van der Waals surface area contributed by atoms with Crippen LogP contribution in [0.5, 0.6) is 0 Å². The van der Waals surface area contributed by atoms with E-state index in [9.17, 15) is 14.0 Å². The summed E-state index contributed by atoms with van der Waals surface area (Å²) in [4.78, 5) is 28.3. The Morgan fingerprint density at radius 2 is 1.72 bits per heavy atom. The summed E-state index contributed by atoms with van der Waals surface area (Å²) in [6, 6.07) is 11.4. The number of benzene rings is 2. The van der Waals surface area contributed by atoms with Gasteiger partial charge in [-0.25, -0.2) is 4.39 Å². The van der Waals surface area contributed by atoms with Crippen LogP contribution in [-0.4, -0.2) is 28.5 Å². The molecule has 2 amide bonds. The molecule has 0 spiro atoms. The third-order valence-corrected chi connectivity index (χ3v) is 4.33. The van der Waals surface area contributed by atoms with E-state index < -0.39 is 0 Å². The van der Waals surface area contributed by atoms with E-state index in [4.69, 9.17) is 4.52 Å². The fraction of sp³-hybridized carbons (Fsp3) is 0.238. The zero-order chi connectivity index (χ0) is 20.8. The first-order chi connectivity index (χ1) is 13.9. The van der Waals surface area contributed by atoms with Crippen LogP contribution in [0.25, 0.3) is 11.4 Å². The van der Waals surface area contributed by atoms with Gasteiger partial charge in [0, 0.05) is 24.1 Å². The Morgan fingerprint density at radius 3 is 2.41 bits per heavy atom. The number of carbonyl (C=O) groups excluding carboxylic acids is 2. The minimum atomic E-state index is -0.351. The first kappa shape index (κ1) is 20.2. The predicted octanol–water partition coefficient (Wildman–Crippen LogP) is 3.18. The molecule has 0 aliphatic rings. The molecule has 0 bridgehead atoms. The Balaban J connectivity index is 1.45. The fourth-order valence-electron chi connectivity index (χ4n) is 2.76. The maximum absolute atomic E-state index is 13.0. The molecule has 2 aromatic carbocycles. The lowest BCUT2D eigenvalue weighted by atomic mass is 10.1. The highest BCUT2D eigenvalue weighted by atomic mass is 19.1. The van der Waals surface area contributed by atoms with Crippen molar-refractivity contribution in [1.29, 1.82) is 0 Å². The van der Waals surface area contributed by atoms with Crippen molar-refractivity contribution < 1.29 is 18.5 Å². The number of rotatable bonds is 7. The maximum Gasteiger partial charge on any atom is 0.243 e. The van der Waals surface area contributed by atoms with Gasteiger partial charge in [-0.05, 0) is 49.2 Å². The molecule has 2 N–H and O–H groups in total. The summed E-state index contributed by atoms with van der Waals surface area (Å²) >= 11 is 0. The second-order valence-electron chi connectivity index (χ2n) is 6.61. The summed E-state index contributed by atoms with van der Waals surface area (Å²) in [5, 5.41) is 9.21. The number of amides is 2. The van der Waals surface area contributed by atoms with Crippen molar-refractivity contribution in [1.82, 2.24) is 15.5 Å². The van der Waals surface area contributed by atoms with Crippen molar-refractivity contribution in [3.8, 4) is 11.4 Å². The van der Waals surface area contributed by atoms with E-state index in [1.165, 1.54) is 12.1 Å². The third-order valence-electron chi connectivity index (χ3n) is 4.33. The summed E-state index contributed by atoms with van der Waals surface area (Å²) in [6.07, 6.45) is 0.334. The molecule has 3 rings (SSSR count). The molecular formula is C21H21FN4O3.